The van der Waals surface area contributed by atoms with Crippen LogP contribution in [0, 0.1) is 0 Å². The highest BCUT2D eigenvalue weighted by Gasteiger charge is 2.35. The van der Waals surface area contributed by atoms with Crippen LogP contribution in [0.15, 0.2) is 48.5 Å². The molecule has 23 heavy (non-hydrogen) atoms. The normalized spacial score (nSPS) is 16.9. The Morgan fingerprint density at radius 1 is 1.00 bits per heavy atom. The quantitative estimate of drug-likeness (QED) is 0.872. The van der Waals surface area contributed by atoms with E-state index >= 15 is 0 Å². The zero-order valence-electron chi connectivity index (χ0n) is 13.2. The molecule has 0 spiro atoms. The highest BCUT2D eigenvalue weighted by Crippen LogP contribution is 2.40. The smallest absolute Gasteiger partial charge is 0.262 e. The fourth-order valence-corrected chi connectivity index (χ4v) is 3.33. The minimum absolute atomic E-state index is 0.00495. The molecule has 0 bridgehead atoms. The molecule has 1 fully saturated rings. The molecule has 4 heteroatoms. The first-order valence-electron chi connectivity index (χ1n) is 8.10. The molecule has 1 heterocycles. The van der Waals surface area contributed by atoms with E-state index < -0.39 is 0 Å². The lowest BCUT2D eigenvalue weighted by atomic mass is 10.1. The van der Waals surface area contributed by atoms with E-state index in [4.69, 9.17) is 4.74 Å². The largest absolute Gasteiger partial charge is 0.496 e. The molecule has 0 N–H and O–H groups in total. The number of rotatable bonds is 3. The maximum absolute atomic E-state index is 13.1. The van der Waals surface area contributed by atoms with Gasteiger partial charge in [-0.15, -0.1) is 0 Å². The number of ether oxygens (including phenoxy) is 1. The minimum Gasteiger partial charge on any atom is -0.496 e. The minimum atomic E-state index is 0.00495. The number of carbonyl (C=O) groups excluding carboxylic acids is 1. The van der Waals surface area contributed by atoms with E-state index in [2.05, 4.69) is 11.0 Å². The summed E-state index contributed by atoms with van der Waals surface area (Å²) in [6, 6.07) is 16.3. The highest BCUT2D eigenvalue weighted by molar-refractivity contribution is 6.10. The number of nitrogens with zero attached hydrogens (tertiary/aromatic N) is 2. The van der Waals surface area contributed by atoms with Crippen molar-refractivity contribution >= 4 is 17.3 Å². The predicted molar refractivity (Wildman–Crippen MR) is 91.5 cm³/mol. The third kappa shape index (κ3) is 2.44. The molecular weight excluding hydrogens is 288 g/mol. The van der Waals surface area contributed by atoms with Crippen LogP contribution in [0.5, 0.6) is 5.75 Å². The van der Waals surface area contributed by atoms with Crippen molar-refractivity contribution in [2.45, 2.75) is 18.9 Å². The third-order valence-electron chi connectivity index (χ3n) is 4.62. The Bertz CT molecular complexity index is 740. The lowest BCUT2D eigenvalue weighted by molar-refractivity contribution is 0.0983. The number of hydrogen-bond acceptors (Lipinski definition) is 3. The number of carbonyl (C=O) groups is 1. The molecule has 4 rings (SSSR count). The first-order valence-corrected chi connectivity index (χ1v) is 8.10. The molecule has 1 saturated carbocycles. The summed E-state index contributed by atoms with van der Waals surface area (Å²) < 4.78 is 5.36. The second kappa shape index (κ2) is 5.61. The summed E-state index contributed by atoms with van der Waals surface area (Å²) in [5.41, 5.74) is 2.79. The lowest BCUT2D eigenvalue weighted by Crippen LogP contribution is -2.45. The van der Waals surface area contributed by atoms with E-state index in [0.717, 1.165) is 12.2 Å². The van der Waals surface area contributed by atoms with Crippen LogP contribution in [0.3, 0.4) is 0 Å². The molecular formula is C19H20N2O2. The van der Waals surface area contributed by atoms with Gasteiger partial charge in [-0.25, -0.2) is 0 Å². The van der Waals surface area contributed by atoms with Crippen molar-refractivity contribution in [1.29, 1.82) is 0 Å². The molecule has 0 saturated heterocycles. The highest BCUT2D eigenvalue weighted by atomic mass is 16.5. The number of benzene rings is 2. The molecule has 0 radical (unpaired) electrons. The summed E-state index contributed by atoms with van der Waals surface area (Å²) in [6.07, 6.45) is 2.52. The fraction of sp³-hybridized carbons (Fsp3) is 0.316. The van der Waals surface area contributed by atoms with Crippen molar-refractivity contribution in [3.8, 4) is 5.75 Å². The summed E-state index contributed by atoms with van der Waals surface area (Å²) in [5, 5.41) is 0. The number of hydrogen-bond donors (Lipinski definition) is 0. The molecule has 1 aliphatic heterocycles. The summed E-state index contributed by atoms with van der Waals surface area (Å²) in [6.45, 7) is 1.60. The fourth-order valence-electron chi connectivity index (χ4n) is 3.33. The van der Waals surface area contributed by atoms with Crippen LogP contribution in [0.4, 0.5) is 11.4 Å². The van der Waals surface area contributed by atoms with E-state index in [9.17, 15) is 4.79 Å². The summed E-state index contributed by atoms with van der Waals surface area (Å²) in [5.74, 6) is 0.630. The lowest BCUT2D eigenvalue weighted by Gasteiger charge is -2.38. The maximum Gasteiger partial charge on any atom is 0.262 e. The van der Waals surface area contributed by atoms with Gasteiger partial charge in [-0.3, -0.25) is 4.79 Å². The first-order chi connectivity index (χ1) is 11.3. The van der Waals surface area contributed by atoms with Crippen LogP contribution in [-0.2, 0) is 0 Å². The molecule has 0 unspecified atom stereocenters. The Morgan fingerprint density at radius 2 is 1.70 bits per heavy atom. The zero-order valence-corrected chi connectivity index (χ0v) is 13.2. The Balaban J connectivity index is 1.71. The molecule has 2 aromatic rings. The second-order valence-electron chi connectivity index (χ2n) is 6.07. The van der Waals surface area contributed by atoms with Crippen molar-refractivity contribution in [3.63, 3.8) is 0 Å². The van der Waals surface area contributed by atoms with Gasteiger partial charge < -0.3 is 14.5 Å². The SMILES string of the molecule is COc1ccccc1C(=O)N1CCN(C2CC2)c2ccccc21. The molecule has 2 aromatic carbocycles. The molecule has 4 nitrogen and oxygen atoms in total. The van der Waals surface area contributed by atoms with Crippen molar-refractivity contribution in [2.75, 3.05) is 30.0 Å². The van der Waals surface area contributed by atoms with Gasteiger partial charge in [0.05, 0.1) is 24.0 Å². The Kier molecular flexibility index (Phi) is 3.45. The maximum atomic E-state index is 13.1. The van der Waals surface area contributed by atoms with Crippen molar-refractivity contribution in [1.82, 2.24) is 0 Å². The molecule has 118 valence electrons. The summed E-state index contributed by atoms with van der Waals surface area (Å²) in [4.78, 5) is 17.4. The molecule has 1 aliphatic carbocycles. The van der Waals surface area contributed by atoms with E-state index in [1.54, 1.807) is 7.11 Å². The predicted octanol–water partition coefficient (Wildman–Crippen LogP) is 3.32. The molecule has 0 atom stereocenters. The number of para-hydroxylation sites is 3. The van der Waals surface area contributed by atoms with Gasteiger partial charge in [-0.1, -0.05) is 24.3 Å². The monoisotopic (exact) mass is 308 g/mol. The van der Waals surface area contributed by atoms with Gasteiger partial charge in [-0.2, -0.15) is 0 Å². The van der Waals surface area contributed by atoms with Gasteiger partial charge in [0.25, 0.3) is 5.91 Å². The zero-order chi connectivity index (χ0) is 15.8. The van der Waals surface area contributed by atoms with Gasteiger partial charge >= 0.3 is 0 Å². The van der Waals surface area contributed by atoms with Crippen molar-refractivity contribution < 1.29 is 9.53 Å². The van der Waals surface area contributed by atoms with Crippen molar-refractivity contribution in [3.05, 3.63) is 54.1 Å². The second-order valence-corrected chi connectivity index (χ2v) is 6.07. The van der Waals surface area contributed by atoms with E-state index in [1.807, 2.05) is 47.4 Å². The van der Waals surface area contributed by atoms with Crippen LogP contribution in [0.2, 0.25) is 0 Å². The number of anilines is 2. The molecule has 2 aliphatic rings. The van der Waals surface area contributed by atoms with Crippen LogP contribution >= 0.6 is 0 Å². The van der Waals surface area contributed by atoms with E-state index in [1.165, 1.54) is 18.5 Å². The topological polar surface area (TPSA) is 32.8 Å². The average molecular weight is 308 g/mol. The standard InChI is InChI=1S/C19H20N2O2/c1-23-18-9-5-2-6-15(18)19(22)21-13-12-20(14-10-11-14)16-7-3-4-8-17(16)21/h2-9,14H,10-13H2,1H3. The van der Waals surface area contributed by atoms with Crippen LogP contribution in [0.25, 0.3) is 0 Å². The van der Waals surface area contributed by atoms with Crippen LogP contribution < -0.4 is 14.5 Å². The average Bonchev–Trinajstić information content (AvgIpc) is 3.45. The van der Waals surface area contributed by atoms with Crippen molar-refractivity contribution in [2.24, 2.45) is 0 Å². The summed E-state index contributed by atoms with van der Waals surface area (Å²) in [7, 11) is 1.60. The van der Waals surface area contributed by atoms with Gasteiger partial charge in [0.15, 0.2) is 0 Å². The Morgan fingerprint density at radius 3 is 2.43 bits per heavy atom. The molecule has 1 amide bonds. The Labute approximate surface area is 136 Å². The van der Waals surface area contributed by atoms with Gasteiger partial charge in [0.2, 0.25) is 0 Å². The summed E-state index contributed by atoms with van der Waals surface area (Å²) >= 11 is 0. The van der Waals surface area contributed by atoms with Gasteiger partial charge in [-0.05, 0) is 37.1 Å². The van der Waals surface area contributed by atoms with Gasteiger partial charge in [0.1, 0.15) is 5.75 Å². The molecule has 0 aromatic heterocycles. The van der Waals surface area contributed by atoms with Crippen LogP contribution in [0.1, 0.15) is 23.2 Å². The van der Waals surface area contributed by atoms with E-state index in [0.29, 0.717) is 23.9 Å². The number of amides is 1. The Hall–Kier alpha value is -2.49. The van der Waals surface area contributed by atoms with Crippen LogP contribution in [-0.4, -0.2) is 32.1 Å². The van der Waals surface area contributed by atoms with Gasteiger partial charge in [0, 0.05) is 19.1 Å². The number of fused-ring (bicyclic) bond motifs is 1. The third-order valence-corrected chi connectivity index (χ3v) is 4.62. The first kappa shape index (κ1) is 14.1. The van der Waals surface area contributed by atoms with E-state index in [-0.39, 0.29) is 5.91 Å². The number of methoxy groups -OCH3 is 1.